The van der Waals surface area contributed by atoms with Gasteiger partial charge in [-0.2, -0.15) is 0 Å². The summed E-state index contributed by atoms with van der Waals surface area (Å²) in [6.07, 6.45) is 0.0936. The van der Waals surface area contributed by atoms with Crippen LogP contribution >= 0.6 is 15.9 Å². The maximum absolute atomic E-state index is 5.85. The van der Waals surface area contributed by atoms with Crippen molar-refractivity contribution in [3.05, 3.63) is 45.9 Å². The lowest BCUT2D eigenvalue weighted by atomic mass is 10.1. The quantitative estimate of drug-likeness (QED) is 0.671. The van der Waals surface area contributed by atoms with Crippen molar-refractivity contribution in [2.45, 2.75) is 40.0 Å². The van der Waals surface area contributed by atoms with E-state index in [0.29, 0.717) is 19.9 Å². The van der Waals surface area contributed by atoms with Crippen molar-refractivity contribution < 1.29 is 18.9 Å². The Balaban J connectivity index is 1.66. The summed E-state index contributed by atoms with van der Waals surface area (Å²) in [7, 11) is 0. The zero-order valence-corrected chi connectivity index (χ0v) is 16.9. The Hall–Kier alpha value is -1.92. The number of benzene rings is 2. The SMILES string of the molecule is CCOc1cc(CNCc2ccc3c(c2)OCO3)c(Br)cc1OC(C)C. The summed E-state index contributed by atoms with van der Waals surface area (Å²) < 4.78 is 23.4. The highest BCUT2D eigenvalue weighted by Gasteiger charge is 2.14. The Kier molecular flexibility index (Phi) is 6.27. The van der Waals surface area contributed by atoms with Gasteiger partial charge in [-0.05, 0) is 56.2 Å². The molecule has 5 nitrogen and oxygen atoms in total. The normalized spacial score (nSPS) is 12.5. The summed E-state index contributed by atoms with van der Waals surface area (Å²) in [5.74, 6) is 3.13. The zero-order chi connectivity index (χ0) is 18.5. The van der Waals surface area contributed by atoms with E-state index in [4.69, 9.17) is 18.9 Å². The fourth-order valence-electron chi connectivity index (χ4n) is 2.72. The summed E-state index contributed by atoms with van der Waals surface area (Å²) in [6.45, 7) is 8.31. The molecule has 0 atom stereocenters. The first kappa shape index (κ1) is 18.9. The van der Waals surface area contributed by atoms with Crippen LogP contribution in [0.3, 0.4) is 0 Å². The van der Waals surface area contributed by atoms with E-state index in [-0.39, 0.29) is 6.10 Å². The van der Waals surface area contributed by atoms with Gasteiger partial charge in [0.25, 0.3) is 0 Å². The van der Waals surface area contributed by atoms with Gasteiger partial charge in [-0.1, -0.05) is 22.0 Å². The molecule has 0 radical (unpaired) electrons. The molecule has 26 heavy (non-hydrogen) atoms. The molecule has 3 rings (SSSR count). The molecule has 0 bridgehead atoms. The third-order valence-electron chi connectivity index (χ3n) is 3.86. The van der Waals surface area contributed by atoms with Crippen LogP contribution in [-0.2, 0) is 13.1 Å². The molecule has 1 aliphatic heterocycles. The van der Waals surface area contributed by atoms with Crippen LogP contribution in [0.15, 0.2) is 34.8 Å². The van der Waals surface area contributed by atoms with Gasteiger partial charge in [0.05, 0.1) is 12.7 Å². The Labute approximate surface area is 162 Å². The van der Waals surface area contributed by atoms with Crippen molar-refractivity contribution in [1.29, 1.82) is 0 Å². The maximum atomic E-state index is 5.85. The largest absolute Gasteiger partial charge is 0.490 e. The van der Waals surface area contributed by atoms with Crippen LogP contribution in [0, 0.1) is 0 Å². The third kappa shape index (κ3) is 4.62. The van der Waals surface area contributed by atoms with E-state index in [2.05, 4.69) is 21.2 Å². The van der Waals surface area contributed by atoms with Gasteiger partial charge in [0.2, 0.25) is 6.79 Å². The van der Waals surface area contributed by atoms with Crippen molar-refractivity contribution >= 4 is 15.9 Å². The molecule has 2 aromatic carbocycles. The zero-order valence-electron chi connectivity index (χ0n) is 15.3. The van der Waals surface area contributed by atoms with E-state index in [1.807, 2.05) is 51.1 Å². The van der Waals surface area contributed by atoms with Crippen LogP contribution in [0.5, 0.6) is 23.0 Å². The van der Waals surface area contributed by atoms with Gasteiger partial charge in [0.15, 0.2) is 23.0 Å². The van der Waals surface area contributed by atoms with E-state index in [9.17, 15) is 0 Å². The molecule has 1 aliphatic rings. The average Bonchev–Trinajstić information content (AvgIpc) is 3.06. The van der Waals surface area contributed by atoms with Crippen LogP contribution in [0.25, 0.3) is 0 Å². The van der Waals surface area contributed by atoms with Crippen molar-refractivity contribution in [3.63, 3.8) is 0 Å². The standard InChI is InChI=1S/C20H24BrNO4/c1-4-23-19-8-15(16(21)9-20(19)26-13(2)3)11-22-10-14-5-6-17-18(7-14)25-12-24-17/h5-9,13,22H,4,10-12H2,1-3H3. The fourth-order valence-corrected chi connectivity index (χ4v) is 3.18. The molecule has 1 N–H and O–H groups in total. The number of rotatable bonds is 8. The maximum Gasteiger partial charge on any atom is 0.231 e. The fraction of sp³-hybridized carbons (Fsp3) is 0.400. The minimum Gasteiger partial charge on any atom is -0.490 e. The van der Waals surface area contributed by atoms with Gasteiger partial charge in [-0.25, -0.2) is 0 Å². The van der Waals surface area contributed by atoms with E-state index in [1.54, 1.807) is 0 Å². The topological polar surface area (TPSA) is 49.0 Å². The second kappa shape index (κ2) is 8.64. The molecule has 2 aromatic rings. The number of halogens is 1. The number of hydrogen-bond donors (Lipinski definition) is 1. The number of nitrogens with one attached hydrogen (secondary N) is 1. The predicted octanol–water partition coefficient (Wildman–Crippen LogP) is 4.65. The number of fused-ring (bicyclic) bond motifs is 1. The summed E-state index contributed by atoms with van der Waals surface area (Å²) in [4.78, 5) is 0. The summed E-state index contributed by atoms with van der Waals surface area (Å²) in [6, 6.07) is 10.00. The second-order valence-corrected chi connectivity index (χ2v) is 7.14. The van der Waals surface area contributed by atoms with E-state index >= 15 is 0 Å². The van der Waals surface area contributed by atoms with Crippen molar-refractivity contribution in [1.82, 2.24) is 5.32 Å². The monoisotopic (exact) mass is 421 g/mol. The van der Waals surface area contributed by atoms with Gasteiger partial charge in [-0.3, -0.25) is 0 Å². The summed E-state index contributed by atoms with van der Waals surface area (Å²) in [5, 5.41) is 3.46. The molecule has 0 aliphatic carbocycles. The molecule has 0 fully saturated rings. The molecular formula is C20H24BrNO4. The van der Waals surface area contributed by atoms with Crippen LogP contribution in [0.4, 0.5) is 0 Å². The molecule has 140 valence electrons. The first-order valence-corrected chi connectivity index (χ1v) is 9.57. The highest BCUT2D eigenvalue weighted by atomic mass is 79.9. The Bertz CT molecular complexity index is 764. The smallest absolute Gasteiger partial charge is 0.231 e. The van der Waals surface area contributed by atoms with E-state index < -0.39 is 0 Å². The Morgan fingerprint density at radius 1 is 1.08 bits per heavy atom. The van der Waals surface area contributed by atoms with Crippen LogP contribution in [0.1, 0.15) is 31.9 Å². The van der Waals surface area contributed by atoms with E-state index in [0.717, 1.165) is 45.1 Å². The van der Waals surface area contributed by atoms with Gasteiger partial charge in [-0.15, -0.1) is 0 Å². The van der Waals surface area contributed by atoms with Gasteiger partial charge >= 0.3 is 0 Å². The molecule has 1 heterocycles. The van der Waals surface area contributed by atoms with Gasteiger partial charge in [0.1, 0.15) is 0 Å². The van der Waals surface area contributed by atoms with Gasteiger partial charge < -0.3 is 24.3 Å². The highest BCUT2D eigenvalue weighted by molar-refractivity contribution is 9.10. The van der Waals surface area contributed by atoms with Crippen molar-refractivity contribution in [2.24, 2.45) is 0 Å². The summed E-state index contributed by atoms with van der Waals surface area (Å²) >= 11 is 3.64. The average molecular weight is 422 g/mol. The minimum atomic E-state index is 0.0936. The van der Waals surface area contributed by atoms with Crippen LogP contribution in [-0.4, -0.2) is 19.5 Å². The molecule has 0 aromatic heterocycles. The molecule has 0 spiro atoms. The second-order valence-electron chi connectivity index (χ2n) is 6.28. The molecule has 6 heteroatoms. The third-order valence-corrected chi connectivity index (χ3v) is 4.60. The minimum absolute atomic E-state index is 0.0936. The van der Waals surface area contributed by atoms with Gasteiger partial charge in [0, 0.05) is 17.6 Å². The first-order valence-electron chi connectivity index (χ1n) is 8.78. The molecule has 0 unspecified atom stereocenters. The number of hydrogen-bond acceptors (Lipinski definition) is 5. The van der Waals surface area contributed by atoms with Crippen LogP contribution in [0.2, 0.25) is 0 Å². The van der Waals surface area contributed by atoms with Crippen molar-refractivity contribution in [3.8, 4) is 23.0 Å². The highest BCUT2D eigenvalue weighted by Crippen LogP contribution is 2.35. The molecule has 0 saturated heterocycles. The Morgan fingerprint density at radius 2 is 1.88 bits per heavy atom. The predicted molar refractivity (Wildman–Crippen MR) is 104 cm³/mol. The van der Waals surface area contributed by atoms with Crippen LogP contribution < -0.4 is 24.3 Å². The lowest BCUT2D eigenvalue weighted by molar-refractivity contribution is 0.174. The molecular weight excluding hydrogens is 398 g/mol. The first-order chi connectivity index (χ1) is 12.6. The summed E-state index contributed by atoms with van der Waals surface area (Å²) in [5.41, 5.74) is 2.26. The van der Waals surface area contributed by atoms with E-state index in [1.165, 1.54) is 0 Å². The number of ether oxygens (including phenoxy) is 4. The van der Waals surface area contributed by atoms with Crippen molar-refractivity contribution in [2.75, 3.05) is 13.4 Å². The Morgan fingerprint density at radius 3 is 2.65 bits per heavy atom. The lowest BCUT2D eigenvalue weighted by Crippen LogP contribution is -2.14. The molecule has 0 amide bonds. The molecule has 0 saturated carbocycles. The lowest BCUT2D eigenvalue weighted by Gasteiger charge is -2.17.